The van der Waals surface area contributed by atoms with Crippen molar-refractivity contribution >= 4 is 23.5 Å². The lowest BCUT2D eigenvalue weighted by Crippen LogP contribution is -2.70. The topological polar surface area (TPSA) is 105 Å². The lowest BCUT2D eigenvalue weighted by atomic mass is 9.49. The number of rotatable bonds is 4. The van der Waals surface area contributed by atoms with Crippen molar-refractivity contribution in [3.8, 4) is 0 Å². The summed E-state index contributed by atoms with van der Waals surface area (Å²) in [6, 6.07) is 0. The molecule has 4 aliphatic carbocycles. The Hall–Kier alpha value is -2.32. The Labute approximate surface area is 199 Å². The van der Waals surface area contributed by atoms with Gasteiger partial charge in [-0.3, -0.25) is 9.59 Å². The Bertz CT molecular complexity index is 1060. The number of hydrogen-bond acceptors (Lipinski definition) is 8. The zero-order valence-corrected chi connectivity index (χ0v) is 20.6. The minimum absolute atomic E-state index is 0.307. The van der Waals surface area contributed by atoms with Gasteiger partial charge in [-0.15, -0.1) is 0 Å². The van der Waals surface area contributed by atoms with E-state index in [0.29, 0.717) is 12.8 Å². The fraction of sp³-hybridized carbons (Fsp3) is 0.692. The molecule has 0 unspecified atom stereocenters. The number of allylic oxidation sites excluding steroid dienone is 2. The highest BCUT2D eigenvalue weighted by molar-refractivity contribution is 6.04. The van der Waals surface area contributed by atoms with E-state index in [1.54, 1.807) is 27.7 Å². The third kappa shape index (κ3) is 2.78. The van der Waals surface area contributed by atoms with Crippen LogP contribution >= 0.6 is 0 Å². The molecule has 8 heteroatoms. The van der Waals surface area contributed by atoms with Gasteiger partial charge in [0.05, 0.1) is 17.8 Å². The Morgan fingerprint density at radius 3 is 1.82 bits per heavy atom. The highest BCUT2D eigenvalue weighted by Gasteiger charge is 2.78. The van der Waals surface area contributed by atoms with Crippen molar-refractivity contribution in [3.05, 3.63) is 23.3 Å². The average Bonchev–Trinajstić information content (AvgIpc) is 3.13. The molecule has 184 valence electrons. The highest BCUT2D eigenvalue weighted by atomic mass is 16.8. The third-order valence-electron chi connectivity index (χ3n) is 7.88. The molecule has 2 aliphatic heterocycles. The van der Waals surface area contributed by atoms with Crippen LogP contribution < -0.4 is 0 Å². The minimum Gasteiger partial charge on any atom is -0.422 e. The number of carbonyl (C=O) groups is 4. The summed E-state index contributed by atoms with van der Waals surface area (Å²) in [5, 5.41) is 0. The van der Waals surface area contributed by atoms with Gasteiger partial charge in [0.1, 0.15) is 0 Å². The number of ketones is 2. The van der Waals surface area contributed by atoms with Crippen LogP contribution in [-0.2, 0) is 38.1 Å². The van der Waals surface area contributed by atoms with Crippen LogP contribution in [0.4, 0.5) is 0 Å². The van der Waals surface area contributed by atoms with E-state index in [1.807, 2.05) is 19.9 Å². The maximum Gasteiger partial charge on any atom is 0.340 e. The first-order valence-corrected chi connectivity index (χ1v) is 12.2. The van der Waals surface area contributed by atoms with Gasteiger partial charge in [-0.2, -0.15) is 0 Å². The normalized spacial score (nSPS) is 41.5. The number of carbonyl (C=O) groups excluding carboxylic acids is 4. The second-order valence-electron chi connectivity index (χ2n) is 11.1. The van der Waals surface area contributed by atoms with Crippen LogP contribution in [0.3, 0.4) is 0 Å². The van der Waals surface area contributed by atoms with Gasteiger partial charge >= 0.3 is 11.9 Å². The molecule has 34 heavy (non-hydrogen) atoms. The van der Waals surface area contributed by atoms with Crippen LogP contribution in [0.25, 0.3) is 0 Å². The second kappa shape index (κ2) is 7.10. The molecule has 6 rings (SSSR count). The monoisotopic (exact) mass is 472 g/mol. The first kappa shape index (κ1) is 23.4. The van der Waals surface area contributed by atoms with Crippen molar-refractivity contribution in [2.24, 2.45) is 23.7 Å². The molecule has 2 spiro atoms. The van der Waals surface area contributed by atoms with Crippen LogP contribution in [0.15, 0.2) is 23.3 Å². The first-order valence-electron chi connectivity index (χ1n) is 12.2. The van der Waals surface area contributed by atoms with E-state index in [4.69, 9.17) is 18.9 Å². The van der Waals surface area contributed by atoms with E-state index in [-0.39, 0.29) is 5.78 Å². The van der Waals surface area contributed by atoms with E-state index < -0.39 is 64.2 Å². The number of esters is 2. The van der Waals surface area contributed by atoms with Crippen molar-refractivity contribution in [2.45, 2.75) is 90.0 Å². The predicted molar refractivity (Wildman–Crippen MR) is 118 cm³/mol. The molecule has 2 heterocycles. The smallest absolute Gasteiger partial charge is 0.340 e. The van der Waals surface area contributed by atoms with Crippen LogP contribution in [0, 0.1) is 23.7 Å². The molecular formula is C26H32O8. The summed E-state index contributed by atoms with van der Waals surface area (Å²) in [4.78, 5) is 53.3. The molecule has 2 bridgehead atoms. The molecule has 3 fully saturated rings. The van der Waals surface area contributed by atoms with Gasteiger partial charge in [0.15, 0.2) is 11.2 Å². The summed E-state index contributed by atoms with van der Waals surface area (Å²) < 4.78 is 23.8. The molecule has 2 saturated heterocycles. The largest absolute Gasteiger partial charge is 0.422 e. The van der Waals surface area contributed by atoms with Gasteiger partial charge in [-0.25, -0.2) is 9.59 Å². The van der Waals surface area contributed by atoms with E-state index in [0.717, 1.165) is 24.0 Å². The van der Waals surface area contributed by atoms with Crippen LogP contribution in [0.5, 0.6) is 0 Å². The Balaban J connectivity index is 1.75. The van der Waals surface area contributed by atoms with E-state index in [1.165, 1.54) is 6.08 Å². The van der Waals surface area contributed by atoms with E-state index in [2.05, 4.69) is 0 Å². The molecule has 6 aliphatic rings. The maximum atomic E-state index is 14.1. The Morgan fingerprint density at radius 1 is 0.794 bits per heavy atom. The number of Topliss-reactive ketones (excluding diaryl/α,β-unsaturated/α-hetero) is 1. The van der Waals surface area contributed by atoms with Gasteiger partial charge in [-0.05, 0) is 46.6 Å². The molecule has 8 nitrogen and oxygen atoms in total. The Kier molecular flexibility index (Phi) is 4.89. The molecule has 0 radical (unpaired) electrons. The average molecular weight is 473 g/mol. The summed E-state index contributed by atoms with van der Waals surface area (Å²) in [6.45, 7) is 10.3. The summed E-state index contributed by atoms with van der Waals surface area (Å²) in [5.74, 6) is -8.51. The van der Waals surface area contributed by atoms with Gasteiger partial charge in [-0.1, -0.05) is 43.9 Å². The van der Waals surface area contributed by atoms with Crippen LogP contribution in [0.2, 0.25) is 0 Å². The lowest BCUT2D eigenvalue weighted by Gasteiger charge is -2.58. The van der Waals surface area contributed by atoms with Crippen molar-refractivity contribution < 1.29 is 38.1 Å². The van der Waals surface area contributed by atoms with Crippen molar-refractivity contribution in [1.82, 2.24) is 0 Å². The third-order valence-corrected chi connectivity index (χ3v) is 7.88. The Morgan fingerprint density at radius 2 is 1.32 bits per heavy atom. The quantitative estimate of drug-likeness (QED) is 0.454. The molecule has 0 aromatic rings. The van der Waals surface area contributed by atoms with Gasteiger partial charge in [0, 0.05) is 5.92 Å². The van der Waals surface area contributed by atoms with E-state index >= 15 is 0 Å². The predicted octanol–water partition coefficient (Wildman–Crippen LogP) is 3.18. The SMILES string of the molecule is CCCC1=C[C@@H]2[C@@H]3[C@H](C(CCC)=CC(=O)[C@@]34OC(=O)C(C)(C)O4)[C@H]1C(=O)[C@@]21OC(=O)C(C)(C)O1. The summed E-state index contributed by atoms with van der Waals surface area (Å²) >= 11 is 0. The van der Waals surface area contributed by atoms with Crippen LogP contribution in [0.1, 0.15) is 67.2 Å². The van der Waals surface area contributed by atoms with Crippen molar-refractivity contribution in [2.75, 3.05) is 0 Å². The van der Waals surface area contributed by atoms with Crippen molar-refractivity contribution in [3.63, 3.8) is 0 Å². The zero-order chi connectivity index (χ0) is 24.8. The molecular weight excluding hydrogens is 440 g/mol. The van der Waals surface area contributed by atoms with E-state index in [9.17, 15) is 19.2 Å². The van der Waals surface area contributed by atoms with Crippen molar-refractivity contribution in [1.29, 1.82) is 0 Å². The molecule has 0 amide bonds. The second-order valence-corrected chi connectivity index (χ2v) is 11.1. The molecule has 1 saturated carbocycles. The van der Waals surface area contributed by atoms with Gasteiger partial charge in [0.2, 0.25) is 11.6 Å². The zero-order valence-electron chi connectivity index (χ0n) is 20.6. The molecule has 6 atom stereocenters. The highest BCUT2D eigenvalue weighted by Crippen LogP contribution is 2.64. The van der Waals surface area contributed by atoms with Crippen LogP contribution in [-0.4, -0.2) is 46.3 Å². The standard InChI is InChI=1S/C26H32O8/c1-7-9-13-11-15-19-17(18(13)20(28)25(15)31-21(29)23(3,4)33-25)14(10-8-2)12-16(27)26(19)32-22(30)24(5,6)34-26/h11-12,15,17-19H,7-10H2,1-6H3/t15-,17-,18+,19-,25-,26+/m1/s1. The summed E-state index contributed by atoms with van der Waals surface area (Å²) in [7, 11) is 0. The summed E-state index contributed by atoms with van der Waals surface area (Å²) in [6.07, 6.45) is 6.34. The molecule has 0 aromatic heterocycles. The number of ether oxygens (including phenoxy) is 4. The summed E-state index contributed by atoms with van der Waals surface area (Å²) in [5.41, 5.74) is -0.881. The minimum atomic E-state index is -1.91. The fourth-order valence-electron chi connectivity index (χ4n) is 6.54. The first-order chi connectivity index (χ1) is 15.8. The molecule has 0 N–H and O–H groups in total. The lowest BCUT2D eigenvalue weighted by molar-refractivity contribution is -0.278. The molecule has 0 aromatic carbocycles. The van der Waals surface area contributed by atoms with Gasteiger partial charge < -0.3 is 18.9 Å². The number of hydrogen-bond donors (Lipinski definition) is 0. The maximum absolute atomic E-state index is 14.1. The van der Waals surface area contributed by atoms with Gasteiger partial charge in [0.25, 0.3) is 11.6 Å². The fourth-order valence-corrected chi connectivity index (χ4v) is 6.54.